The molecule has 1 saturated carbocycles. The van der Waals surface area contributed by atoms with Gasteiger partial charge in [0.1, 0.15) is 11.7 Å². The van der Waals surface area contributed by atoms with Crippen LogP contribution in [-0.2, 0) is 23.1 Å². The van der Waals surface area contributed by atoms with E-state index in [2.05, 4.69) is 30.3 Å². The van der Waals surface area contributed by atoms with Crippen LogP contribution in [0.5, 0.6) is 0 Å². The summed E-state index contributed by atoms with van der Waals surface area (Å²) in [7, 11) is 1.90. The summed E-state index contributed by atoms with van der Waals surface area (Å²) in [4.78, 5) is 25.2. The van der Waals surface area contributed by atoms with Crippen LogP contribution in [0.4, 0.5) is 0 Å². The number of hydrogen-bond donors (Lipinski definition) is 2. The molecule has 0 bridgehead atoms. The van der Waals surface area contributed by atoms with Gasteiger partial charge in [-0.3, -0.25) is 14.3 Å². The summed E-state index contributed by atoms with van der Waals surface area (Å²) in [6.07, 6.45) is 1.45. The Morgan fingerprint density at radius 3 is 2.41 bits per heavy atom. The molecular weight excluding hydrogens is 559 g/mol. The van der Waals surface area contributed by atoms with Crippen LogP contribution in [0.1, 0.15) is 49.6 Å². The maximum atomic E-state index is 13.1. The molecule has 0 radical (unpaired) electrons. The van der Waals surface area contributed by atoms with Gasteiger partial charge in [0.05, 0.1) is 27.1 Å². The molecule has 2 heterocycles. The lowest BCUT2D eigenvalue weighted by Gasteiger charge is -2.52. The third-order valence-corrected chi connectivity index (χ3v) is 9.11. The number of amides is 2. The summed E-state index contributed by atoms with van der Waals surface area (Å²) in [6, 6.07) is 18.4. The van der Waals surface area contributed by atoms with Crippen LogP contribution in [0.15, 0.2) is 60.7 Å². The highest BCUT2D eigenvalue weighted by atomic mass is 35.5. The molecule has 3 N–H and O–H groups in total. The molecule has 1 aliphatic rings. The molecule has 1 aliphatic carbocycles. The first kappa shape index (κ1) is 28.9. The monoisotopic (exact) mass is 592 g/mol. The van der Waals surface area contributed by atoms with Crippen LogP contribution in [0.25, 0.3) is 17.1 Å². The predicted molar refractivity (Wildman–Crippen MR) is 161 cm³/mol. The first-order chi connectivity index (χ1) is 19.4. The van der Waals surface area contributed by atoms with Crippen molar-refractivity contribution in [1.82, 2.24) is 24.9 Å². The van der Waals surface area contributed by atoms with E-state index >= 15 is 0 Å². The lowest BCUT2D eigenvalue weighted by Crippen LogP contribution is -2.49. The number of primary amides is 1. The fourth-order valence-corrected chi connectivity index (χ4v) is 6.15. The number of nitrogens with one attached hydrogen (secondary N) is 1. The van der Waals surface area contributed by atoms with Gasteiger partial charge in [0.25, 0.3) is 0 Å². The van der Waals surface area contributed by atoms with Crippen LogP contribution in [-0.4, -0.2) is 37.4 Å². The first-order valence-corrected chi connectivity index (χ1v) is 14.4. The van der Waals surface area contributed by atoms with Crippen LogP contribution >= 0.6 is 23.2 Å². The number of carbonyl (C=O) groups is 2. The number of benzene rings is 2. The summed E-state index contributed by atoms with van der Waals surface area (Å²) < 4.78 is 3.75. The summed E-state index contributed by atoms with van der Waals surface area (Å²) in [5.74, 6) is -0.486. The van der Waals surface area contributed by atoms with Crippen molar-refractivity contribution in [2.24, 2.45) is 24.1 Å². The highest BCUT2D eigenvalue weighted by Gasteiger charge is 2.50. The van der Waals surface area contributed by atoms with E-state index in [1.54, 1.807) is 6.07 Å². The lowest BCUT2D eigenvalue weighted by molar-refractivity contribution is -0.130. The van der Waals surface area contributed by atoms with E-state index in [0.717, 1.165) is 40.4 Å². The Balaban J connectivity index is 1.37. The van der Waals surface area contributed by atoms with Gasteiger partial charge in [-0.25, -0.2) is 4.68 Å². The Morgan fingerprint density at radius 1 is 1.07 bits per heavy atom. The second kappa shape index (κ2) is 11.3. The molecule has 2 amide bonds. The average molecular weight is 594 g/mol. The van der Waals surface area contributed by atoms with Gasteiger partial charge in [0.15, 0.2) is 0 Å². The van der Waals surface area contributed by atoms with Gasteiger partial charge < -0.3 is 11.1 Å². The van der Waals surface area contributed by atoms with Crippen LogP contribution < -0.4 is 11.1 Å². The van der Waals surface area contributed by atoms with Crippen molar-refractivity contribution in [3.63, 3.8) is 0 Å². The van der Waals surface area contributed by atoms with E-state index < -0.39 is 11.9 Å². The zero-order valence-corrected chi connectivity index (χ0v) is 25.1. The number of hydrogen-bond acceptors (Lipinski definition) is 4. The van der Waals surface area contributed by atoms with Crippen molar-refractivity contribution < 1.29 is 9.59 Å². The lowest BCUT2D eigenvalue weighted by atomic mass is 9.52. The van der Waals surface area contributed by atoms with Gasteiger partial charge in [0.2, 0.25) is 11.8 Å². The fourth-order valence-electron chi connectivity index (χ4n) is 5.86. The molecule has 2 aromatic heterocycles. The Labute approximate surface area is 249 Å². The molecule has 214 valence electrons. The van der Waals surface area contributed by atoms with Crippen molar-refractivity contribution >= 4 is 35.0 Å². The average Bonchev–Trinajstić information content (AvgIpc) is 3.50. The Bertz CT molecular complexity index is 1590. The zero-order valence-electron chi connectivity index (χ0n) is 23.6. The second-order valence-corrected chi connectivity index (χ2v) is 12.3. The van der Waals surface area contributed by atoms with Crippen LogP contribution in [0, 0.1) is 18.3 Å². The highest BCUT2D eigenvalue weighted by molar-refractivity contribution is 6.42. The number of rotatable bonds is 9. The van der Waals surface area contributed by atoms with Crippen molar-refractivity contribution in [2.75, 3.05) is 0 Å². The minimum atomic E-state index is -0.759. The van der Waals surface area contributed by atoms with Crippen molar-refractivity contribution in [3.8, 4) is 17.1 Å². The molecule has 5 rings (SSSR count). The number of aromatic nitrogens is 4. The number of carbonyl (C=O) groups excluding carboxylic acids is 2. The van der Waals surface area contributed by atoms with Gasteiger partial charge in [-0.05, 0) is 60.6 Å². The van der Waals surface area contributed by atoms with Gasteiger partial charge in [0, 0.05) is 31.5 Å². The van der Waals surface area contributed by atoms with Crippen molar-refractivity contribution in [1.29, 1.82) is 0 Å². The number of nitrogens with two attached hydrogens (primary N) is 1. The zero-order chi connectivity index (χ0) is 29.5. The molecule has 41 heavy (non-hydrogen) atoms. The molecule has 2 aromatic carbocycles. The first-order valence-electron chi connectivity index (χ1n) is 13.6. The Hall–Kier alpha value is -3.62. The molecule has 0 saturated heterocycles. The third-order valence-electron chi connectivity index (χ3n) is 8.37. The fraction of sp³-hybridized carbons (Fsp3) is 0.355. The van der Waals surface area contributed by atoms with Crippen LogP contribution in [0.2, 0.25) is 10.0 Å². The summed E-state index contributed by atoms with van der Waals surface area (Å²) in [6.45, 7) is 6.30. The topological polar surface area (TPSA) is 108 Å². The minimum absolute atomic E-state index is 0.109. The predicted octanol–water partition coefficient (Wildman–Crippen LogP) is 5.62. The van der Waals surface area contributed by atoms with E-state index in [9.17, 15) is 9.59 Å². The van der Waals surface area contributed by atoms with Crippen molar-refractivity contribution in [2.45, 2.75) is 52.0 Å². The minimum Gasteiger partial charge on any atom is -0.368 e. The SMILES string of the molecule is Cc1cc(-c2cc([C@@H]3C[C@H](CC(=O)N[C@@H](Cc4ccccc4)C(N)=O)C3(C)C)n(-c3ccc(Cl)c(Cl)c3)n2)n(C)n1. The number of halogens is 2. The Kier molecular flexibility index (Phi) is 7.99. The van der Waals surface area contributed by atoms with Gasteiger partial charge in [-0.15, -0.1) is 0 Å². The molecule has 3 atom stereocenters. The maximum absolute atomic E-state index is 13.1. The normalized spacial score (nSPS) is 18.5. The smallest absolute Gasteiger partial charge is 0.240 e. The largest absolute Gasteiger partial charge is 0.368 e. The van der Waals surface area contributed by atoms with E-state index in [0.29, 0.717) is 22.9 Å². The quantitative estimate of drug-likeness (QED) is 0.263. The maximum Gasteiger partial charge on any atom is 0.240 e. The number of nitrogens with zero attached hydrogens (tertiary/aromatic N) is 4. The van der Waals surface area contributed by atoms with E-state index in [1.807, 2.05) is 71.9 Å². The summed E-state index contributed by atoms with van der Waals surface area (Å²) >= 11 is 12.6. The molecule has 1 fully saturated rings. The summed E-state index contributed by atoms with van der Waals surface area (Å²) in [5, 5.41) is 13.3. The molecular formula is C31H34Cl2N6O2. The third kappa shape index (κ3) is 5.90. The molecule has 8 nitrogen and oxygen atoms in total. The van der Waals surface area contributed by atoms with Gasteiger partial charge in [-0.1, -0.05) is 67.4 Å². The molecule has 10 heteroatoms. The molecule has 0 spiro atoms. The molecule has 4 aromatic rings. The second-order valence-electron chi connectivity index (χ2n) is 11.5. The molecule has 0 unspecified atom stereocenters. The van der Waals surface area contributed by atoms with Crippen molar-refractivity contribution in [3.05, 3.63) is 87.7 Å². The highest BCUT2D eigenvalue weighted by Crippen LogP contribution is 2.58. The summed E-state index contributed by atoms with van der Waals surface area (Å²) in [5.41, 5.74) is 10.8. The Morgan fingerprint density at radius 2 is 1.80 bits per heavy atom. The molecule has 0 aliphatic heterocycles. The van der Waals surface area contributed by atoms with Crippen LogP contribution in [0.3, 0.4) is 0 Å². The number of aryl methyl sites for hydroxylation is 2. The van der Waals surface area contributed by atoms with E-state index in [4.69, 9.17) is 34.0 Å². The van der Waals surface area contributed by atoms with E-state index in [1.165, 1.54) is 0 Å². The van der Waals surface area contributed by atoms with Gasteiger partial charge >= 0.3 is 0 Å². The van der Waals surface area contributed by atoms with E-state index in [-0.39, 0.29) is 23.2 Å². The van der Waals surface area contributed by atoms with Gasteiger partial charge in [-0.2, -0.15) is 10.2 Å². The standard InChI is InChI=1S/C31H34Cl2N6O2/c1-18-12-28(38(4)36-18)25-17-27(39(37-25)21-10-11-23(32)24(33)16-21)22-14-20(31(22,2)3)15-29(40)35-26(30(34)41)13-19-8-6-5-7-9-19/h5-12,16-17,20,22,26H,13-15H2,1-4H3,(H2,34,41)(H,35,40)/t20-,22+,26+/m1/s1.